The zero-order valence-electron chi connectivity index (χ0n) is 35.8. The summed E-state index contributed by atoms with van der Waals surface area (Å²) in [4.78, 5) is 0. The Bertz CT molecular complexity index is 2310. The van der Waals surface area contributed by atoms with Gasteiger partial charge in [0.25, 0.3) is 10.1 Å². The molecular weight excluding hydrogens is 896 g/mol. The third kappa shape index (κ3) is 20.3. The Kier molecular flexibility index (Phi) is 21.4. The number of nitrogens with one attached hydrogen (secondary N) is 1. The predicted molar refractivity (Wildman–Crippen MR) is 249 cm³/mol. The van der Waals surface area contributed by atoms with Crippen molar-refractivity contribution in [3.8, 4) is 0 Å². The highest BCUT2D eigenvalue weighted by Gasteiger charge is 2.37. The third-order valence-corrected chi connectivity index (χ3v) is 15.3. The van der Waals surface area contributed by atoms with Crippen molar-refractivity contribution in [2.75, 3.05) is 37.7 Å². The highest BCUT2D eigenvalue weighted by Crippen LogP contribution is 2.36. The van der Waals surface area contributed by atoms with E-state index in [1.807, 2.05) is 108 Å². The zero-order chi connectivity index (χ0) is 44.4. The van der Waals surface area contributed by atoms with E-state index in [9.17, 15) is 16.8 Å². The van der Waals surface area contributed by atoms with Crippen LogP contribution in [0.15, 0.2) is 91.4 Å². The first-order valence-electron chi connectivity index (χ1n) is 19.2. The van der Waals surface area contributed by atoms with Gasteiger partial charge in [-0.1, -0.05) is 112 Å². The normalized spacial score (nSPS) is 13.4. The van der Waals surface area contributed by atoms with E-state index in [4.69, 9.17) is 13.7 Å². The van der Waals surface area contributed by atoms with Crippen LogP contribution in [0.1, 0.15) is 41.5 Å². The fourth-order valence-electron chi connectivity index (χ4n) is 4.78. The van der Waals surface area contributed by atoms with Gasteiger partial charge in [-0.3, -0.25) is 18.6 Å². The van der Waals surface area contributed by atoms with Crippen LogP contribution in [0.4, 0.5) is 0 Å². The molecule has 0 saturated heterocycles. The van der Waals surface area contributed by atoms with Crippen LogP contribution >= 0.6 is 26.6 Å². The lowest BCUT2D eigenvalue weighted by Gasteiger charge is -2.36. The number of rotatable bonds is 12. The van der Waals surface area contributed by atoms with Crippen LogP contribution in [-0.4, -0.2) is 97.7 Å². The van der Waals surface area contributed by atoms with E-state index in [1.165, 1.54) is 0 Å². The fourth-order valence-corrected chi connectivity index (χ4v) is 6.58. The van der Waals surface area contributed by atoms with Crippen LogP contribution in [-0.2, 0) is 40.9 Å². The van der Waals surface area contributed by atoms with Crippen LogP contribution in [0.2, 0.25) is 18.1 Å². The number of halogens is 2. The zero-order valence-corrected chi connectivity index (χ0v) is 40.8. The van der Waals surface area contributed by atoms with E-state index in [0.717, 1.165) is 63.7 Å². The topological polar surface area (TPSA) is 171 Å². The Labute approximate surface area is 364 Å². The van der Waals surface area contributed by atoms with Crippen molar-refractivity contribution in [1.82, 2.24) is 29.8 Å². The molecule has 0 bridgehead atoms. The first kappa shape index (κ1) is 52.0. The number of para-hydroxylation sites is 3. The van der Waals surface area contributed by atoms with Gasteiger partial charge in [0.05, 0.1) is 54.3 Å². The van der Waals surface area contributed by atoms with E-state index in [0.29, 0.717) is 17.5 Å². The molecule has 328 valence electrons. The molecule has 0 aliphatic carbocycles. The maximum absolute atomic E-state index is 10.9. The van der Waals surface area contributed by atoms with Gasteiger partial charge in [0.1, 0.15) is 0 Å². The molecule has 0 saturated carbocycles. The van der Waals surface area contributed by atoms with Gasteiger partial charge in [-0.05, 0) is 48.2 Å². The largest absolute Gasteiger partial charge is 0.417 e. The summed E-state index contributed by atoms with van der Waals surface area (Å²) in [6, 6.07) is 24.0. The van der Waals surface area contributed by atoms with Crippen molar-refractivity contribution in [2.45, 2.75) is 72.8 Å². The smallest absolute Gasteiger partial charge is 0.264 e. The van der Waals surface area contributed by atoms with Gasteiger partial charge in [-0.2, -0.15) is 23.7 Å². The third-order valence-electron chi connectivity index (χ3n) is 9.10. The second-order valence-electron chi connectivity index (χ2n) is 16.1. The average Bonchev–Trinajstić information content (AvgIpc) is 3.92. The molecule has 0 spiro atoms. The van der Waals surface area contributed by atoms with Crippen LogP contribution in [0.5, 0.6) is 0 Å². The van der Waals surface area contributed by atoms with Crippen LogP contribution in [0, 0.1) is 17.8 Å². The number of aliphatic hydroxyl groups excluding tert-OH is 1. The lowest BCUT2D eigenvalue weighted by Crippen LogP contribution is -2.41. The number of aliphatic hydroxyl groups is 1. The number of aromatic amines is 1. The standard InChI is InChI=1S/C12H16N2O3S.C11H14N2O.C10H23BrOSi.C7H6N2.CH3ClO2S/c1-10(9-17-18(2,15)16)8-14-12-6-4-3-5-11(12)7-13-14;1-9(8-14)7-13-11-5-3-2-4-10(11)6-12-13;1-9(7-11)8-12-13(5,6)10(2,3)4;1-2-4-7-6(3-1)5-8-9-7;1-5(2,3)4/h3-7,10H,8-9H2,1-2H3;2-6,9,14H,7-8H2,1H3;9H,7-8H2,1-6H3;1-5H,(H,8,9);1H3/t10-;2*9-;;/m001../s1. The molecule has 0 aliphatic heterocycles. The molecule has 59 heavy (non-hydrogen) atoms. The van der Waals surface area contributed by atoms with Crippen LogP contribution < -0.4 is 0 Å². The molecule has 3 aromatic carbocycles. The number of fused-ring (bicyclic) bond motifs is 3. The van der Waals surface area contributed by atoms with Crippen LogP contribution in [0.3, 0.4) is 0 Å². The maximum Gasteiger partial charge on any atom is 0.264 e. The summed E-state index contributed by atoms with van der Waals surface area (Å²) in [5.74, 6) is 0.940. The van der Waals surface area contributed by atoms with Gasteiger partial charge in [0, 0.05) is 64.4 Å². The van der Waals surface area contributed by atoms with Gasteiger partial charge in [-0.15, -0.1) is 0 Å². The molecule has 18 heteroatoms. The fraction of sp³-hybridized carbons (Fsp3) is 0.488. The first-order valence-corrected chi connectivity index (χ1v) is 27.7. The number of alkyl halides is 1. The lowest BCUT2D eigenvalue weighted by molar-refractivity contribution is 0.220. The maximum atomic E-state index is 10.9. The minimum Gasteiger partial charge on any atom is -0.417 e. The molecule has 0 fully saturated rings. The molecule has 13 nitrogen and oxygen atoms in total. The molecule has 6 rings (SSSR count). The number of benzene rings is 3. The van der Waals surface area contributed by atoms with E-state index in [-0.39, 0.29) is 25.0 Å². The first-order chi connectivity index (χ1) is 27.4. The monoisotopic (exact) mass is 956 g/mol. The van der Waals surface area contributed by atoms with E-state index in [2.05, 4.69) is 87.8 Å². The summed E-state index contributed by atoms with van der Waals surface area (Å²) in [6.07, 6.45) is 7.46. The Balaban J connectivity index is 0.000000266. The molecule has 0 radical (unpaired) electrons. The van der Waals surface area contributed by atoms with Gasteiger partial charge < -0.3 is 9.53 Å². The second-order valence-corrected chi connectivity index (χ2v) is 26.3. The van der Waals surface area contributed by atoms with Gasteiger partial charge in [0.2, 0.25) is 9.05 Å². The van der Waals surface area contributed by atoms with Gasteiger partial charge in [0.15, 0.2) is 8.32 Å². The summed E-state index contributed by atoms with van der Waals surface area (Å²) >= 11 is 3.47. The number of hydrogen-bond donors (Lipinski definition) is 2. The predicted octanol–water partition coefficient (Wildman–Crippen LogP) is 9.10. The minimum atomic E-state index is -3.37. The Morgan fingerprint density at radius 1 is 0.763 bits per heavy atom. The molecule has 2 N–H and O–H groups in total. The molecule has 6 aromatic rings. The highest BCUT2D eigenvalue weighted by molar-refractivity contribution is 9.09. The molecule has 0 unspecified atom stereocenters. The minimum absolute atomic E-state index is 0.0723. The highest BCUT2D eigenvalue weighted by atomic mass is 79.9. The van der Waals surface area contributed by atoms with E-state index >= 15 is 0 Å². The van der Waals surface area contributed by atoms with Gasteiger partial charge in [-0.25, -0.2) is 8.42 Å². The van der Waals surface area contributed by atoms with Crippen molar-refractivity contribution in [2.24, 2.45) is 17.8 Å². The summed E-state index contributed by atoms with van der Waals surface area (Å²) in [7, 11) is -3.57. The molecule has 3 aromatic heterocycles. The molecule has 0 amide bonds. The second kappa shape index (κ2) is 24.3. The van der Waals surface area contributed by atoms with Gasteiger partial charge >= 0.3 is 0 Å². The van der Waals surface area contributed by atoms with E-state index in [1.54, 1.807) is 6.20 Å². The van der Waals surface area contributed by atoms with Crippen LogP contribution in [0.25, 0.3) is 32.7 Å². The molecule has 3 heterocycles. The summed E-state index contributed by atoms with van der Waals surface area (Å²) < 4.78 is 55.3. The Morgan fingerprint density at radius 2 is 1.22 bits per heavy atom. The van der Waals surface area contributed by atoms with E-state index < -0.39 is 27.5 Å². The Morgan fingerprint density at radius 3 is 1.66 bits per heavy atom. The Hall–Kier alpha value is -3.16. The SMILES string of the molecule is CS(=O)(=O)Cl.C[C@H](CBr)CO[Si](C)(C)C(C)(C)C.C[C@H](CO)Cn1ncc2ccccc21.C[C@H](COS(C)(=O)=O)Cn1ncc2ccccc21.c1ccc2[nH]ncc2c1. The number of aromatic nitrogens is 6. The summed E-state index contributed by atoms with van der Waals surface area (Å²) in [6.45, 7) is 20.2. The molecule has 3 atom stereocenters. The number of hydrogen-bond acceptors (Lipinski definition) is 10. The average molecular weight is 959 g/mol. The molecular formula is C41H62BrClN6O7S2Si. The van der Waals surface area contributed by atoms with Crippen molar-refractivity contribution in [3.63, 3.8) is 0 Å². The molecule has 0 aliphatic rings. The lowest BCUT2D eigenvalue weighted by atomic mass is 10.2. The summed E-state index contributed by atoms with van der Waals surface area (Å²) in [5, 5.41) is 29.0. The number of nitrogens with zero attached hydrogens (tertiary/aromatic N) is 5. The van der Waals surface area contributed by atoms with Crippen molar-refractivity contribution < 1.29 is 30.6 Å². The number of H-pyrrole nitrogens is 1. The van der Waals surface area contributed by atoms with Crippen molar-refractivity contribution in [3.05, 3.63) is 91.4 Å². The van der Waals surface area contributed by atoms with Crippen molar-refractivity contribution in [1.29, 1.82) is 0 Å². The summed E-state index contributed by atoms with van der Waals surface area (Å²) in [5.41, 5.74) is 3.27. The quantitative estimate of drug-likeness (QED) is 0.0522. The van der Waals surface area contributed by atoms with Crippen molar-refractivity contribution >= 4 is 86.8 Å².